The fourth-order valence-corrected chi connectivity index (χ4v) is 4.16. The predicted molar refractivity (Wildman–Crippen MR) is 97.1 cm³/mol. The lowest BCUT2D eigenvalue weighted by Crippen LogP contribution is -2.59. The van der Waals surface area contributed by atoms with Gasteiger partial charge in [0.1, 0.15) is 0 Å². The summed E-state index contributed by atoms with van der Waals surface area (Å²) in [5, 5.41) is 0. The molecule has 2 aromatic carbocycles. The van der Waals surface area contributed by atoms with Crippen molar-refractivity contribution in [1.82, 2.24) is 0 Å². The zero-order valence-corrected chi connectivity index (χ0v) is 14.0. The van der Waals surface area contributed by atoms with E-state index in [1.165, 1.54) is 11.1 Å². The first kappa shape index (κ1) is 16.2. The maximum Gasteiger partial charge on any atom is 0.0230 e. The molecule has 1 fully saturated rings. The van der Waals surface area contributed by atoms with E-state index in [-0.39, 0.29) is 11.6 Å². The molecule has 4 N–H and O–H groups in total. The van der Waals surface area contributed by atoms with E-state index in [0.29, 0.717) is 11.8 Å². The first-order valence-electron chi connectivity index (χ1n) is 8.71. The molecule has 4 atom stereocenters. The van der Waals surface area contributed by atoms with E-state index >= 15 is 0 Å². The zero-order valence-electron chi connectivity index (χ0n) is 14.0. The van der Waals surface area contributed by atoms with Gasteiger partial charge in [-0.25, -0.2) is 0 Å². The molecule has 0 radical (unpaired) electrons. The zero-order chi connectivity index (χ0) is 16.3. The fraction of sp³-hybridized carbons (Fsp3) is 0.429. The summed E-state index contributed by atoms with van der Waals surface area (Å²) >= 11 is 0. The monoisotopic (exact) mass is 308 g/mol. The highest BCUT2D eigenvalue weighted by Gasteiger charge is 2.43. The molecule has 1 saturated carbocycles. The fourth-order valence-electron chi connectivity index (χ4n) is 4.16. The molecule has 2 aromatic rings. The maximum absolute atomic E-state index is 6.98. The minimum absolute atomic E-state index is 0.174. The Morgan fingerprint density at radius 1 is 0.957 bits per heavy atom. The van der Waals surface area contributed by atoms with E-state index < -0.39 is 0 Å². The van der Waals surface area contributed by atoms with Crippen LogP contribution in [0.4, 0.5) is 0 Å². The highest BCUT2D eigenvalue weighted by molar-refractivity contribution is 5.22. The normalized spacial score (nSPS) is 31.0. The van der Waals surface area contributed by atoms with Gasteiger partial charge in [0.25, 0.3) is 0 Å². The minimum atomic E-state index is -0.174. The minimum Gasteiger partial charge on any atom is -0.327 e. The van der Waals surface area contributed by atoms with Crippen LogP contribution >= 0.6 is 0 Å². The van der Waals surface area contributed by atoms with Crippen LogP contribution in [0.2, 0.25) is 0 Å². The highest BCUT2D eigenvalue weighted by Crippen LogP contribution is 2.39. The number of nitrogens with two attached hydrogens (primary N) is 2. The summed E-state index contributed by atoms with van der Waals surface area (Å²) in [5.74, 6) is 0.853. The number of benzene rings is 2. The Balaban J connectivity index is 1.86. The molecule has 0 spiro atoms. The summed E-state index contributed by atoms with van der Waals surface area (Å²) in [5.41, 5.74) is 15.9. The third-order valence-corrected chi connectivity index (χ3v) is 5.67. The van der Waals surface area contributed by atoms with Crippen molar-refractivity contribution in [3.05, 3.63) is 71.8 Å². The van der Waals surface area contributed by atoms with Crippen LogP contribution in [-0.4, -0.2) is 11.6 Å². The van der Waals surface area contributed by atoms with Crippen molar-refractivity contribution in [3.8, 4) is 0 Å². The van der Waals surface area contributed by atoms with Crippen molar-refractivity contribution in [3.63, 3.8) is 0 Å². The molecular formula is C21H28N2. The SMILES string of the molecule is CC1C(N)CCC(N)(Cc2ccccc2)C1Cc1ccccc1. The number of hydrogen-bond donors (Lipinski definition) is 2. The van der Waals surface area contributed by atoms with Crippen molar-refractivity contribution < 1.29 is 0 Å². The Labute approximate surface area is 139 Å². The van der Waals surface area contributed by atoms with Gasteiger partial charge in [-0.1, -0.05) is 67.6 Å². The third kappa shape index (κ3) is 3.65. The van der Waals surface area contributed by atoms with Crippen LogP contribution < -0.4 is 11.5 Å². The van der Waals surface area contributed by atoms with Crippen LogP contribution in [0.5, 0.6) is 0 Å². The molecule has 2 heteroatoms. The van der Waals surface area contributed by atoms with Gasteiger partial charge < -0.3 is 11.5 Å². The molecule has 0 amide bonds. The number of hydrogen-bond acceptors (Lipinski definition) is 2. The second kappa shape index (κ2) is 6.86. The van der Waals surface area contributed by atoms with Gasteiger partial charge in [-0.05, 0) is 48.6 Å². The Hall–Kier alpha value is -1.64. The average Bonchev–Trinajstić information content (AvgIpc) is 2.57. The van der Waals surface area contributed by atoms with Gasteiger partial charge in [0.05, 0.1) is 0 Å². The molecule has 1 aliphatic carbocycles. The number of rotatable bonds is 4. The van der Waals surface area contributed by atoms with Gasteiger partial charge >= 0.3 is 0 Å². The first-order valence-corrected chi connectivity index (χ1v) is 8.71. The topological polar surface area (TPSA) is 52.0 Å². The van der Waals surface area contributed by atoms with Crippen LogP contribution in [0.1, 0.15) is 30.9 Å². The summed E-state index contributed by atoms with van der Waals surface area (Å²) in [6.45, 7) is 2.28. The van der Waals surface area contributed by atoms with E-state index in [1.807, 2.05) is 0 Å². The highest BCUT2D eigenvalue weighted by atomic mass is 14.8. The van der Waals surface area contributed by atoms with Crippen LogP contribution in [-0.2, 0) is 12.8 Å². The van der Waals surface area contributed by atoms with Gasteiger partial charge in [-0.2, -0.15) is 0 Å². The molecule has 0 heterocycles. The van der Waals surface area contributed by atoms with Gasteiger partial charge in [0.2, 0.25) is 0 Å². The largest absolute Gasteiger partial charge is 0.327 e. The first-order chi connectivity index (χ1) is 11.1. The van der Waals surface area contributed by atoms with Crippen LogP contribution in [0, 0.1) is 11.8 Å². The van der Waals surface area contributed by atoms with Gasteiger partial charge in [-0.3, -0.25) is 0 Å². The Morgan fingerprint density at radius 2 is 1.52 bits per heavy atom. The Morgan fingerprint density at radius 3 is 2.13 bits per heavy atom. The second-order valence-electron chi connectivity index (χ2n) is 7.25. The van der Waals surface area contributed by atoms with Crippen LogP contribution in [0.3, 0.4) is 0 Å². The Bertz CT molecular complexity index is 610. The molecule has 122 valence electrons. The van der Waals surface area contributed by atoms with Crippen molar-refractivity contribution in [2.24, 2.45) is 23.3 Å². The lowest BCUT2D eigenvalue weighted by molar-refractivity contribution is 0.108. The smallest absolute Gasteiger partial charge is 0.0230 e. The van der Waals surface area contributed by atoms with Crippen LogP contribution in [0.15, 0.2) is 60.7 Å². The molecule has 0 bridgehead atoms. The van der Waals surface area contributed by atoms with E-state index in [0.717, 1.165) is 25.7 Å². The molecule has 0 aromatic heterocycles. The Kier molecular flexibility index (Phi) is 4.84. The van der Waals surface area contributed by atoms with Crippen molar-refractivity contribution in [2.45, 2.75) is 44.2 Å². The quantitative estimate of drug-likeness (QED) is 0.907. The van der Waals surface area contributed by atoms with E-state index in [1.54, 1.807) is 0 Å². The summed E-state index contributed by atoms with van der Waals surface area (Å²) in [6, 6.07) is 21.6. The van der Waals surface area contributed by atoms with E-state index in [9.17, 15) is 0 Å². The van der Waals surface area contributed by atoms with E-state index in [2.05, 4.69) is 67.6 Å². The molecule has 23 heavy (non-hydrogen) atoms. The van der Waals surface area contributed by atoms with Crippen molar-refractivity contribution in [1.29, 1.82) is 0 Å². The summed E-state index contributed by atoms with van der Waals surface area (Å²) in [7, 11) is 0. The average molecular weight is 308 g/mol. The van der Waals surface area contributed by atoms with Gasteiger partial charge in [0, 0.05) is 11.6 Å². The molecule has 2 nitrogen and oxygen atoms in total. The molecular weight excluding hydrogens is 280 g/mol. The maximum atomic E-state index is 6.98. The third-order valence-electron chi connectivity index (χ3n) is 5.67. The van der Waals surface area contributed by atoms with Crippen LogP contribution in [0.25, 0.3) is 0 Å². The molecule has 1 aliphatic rings. The molecule has 0 saturated heterocycles. The lowest BCUT2D eigenvalue weighted by Gasteiger charge is -2.48. The molecule has 4 unspecified atom stereocenters. The second-order valence-corrected chi connectivity index (χ2v) is 7.25. The molecule has 0 aliphatic heterocycles. The summed E-state index contributed by atoms with van der Waals surface area (Å²) in [4.78, 5) is 0. The van der Waals surface area contributed by atoms with Crippen molar-refractivity contribution in [2.75, 3.05) is 0 Å². The lowest BCUT2D eigenvalue weighted by atomic mass is 9.62. The van der Waals surface area contributed by atoms with E-state index in [4.69, 9.17) is 11.5 Å². The van der Waals surface area contributed by atoms with Gasteiger partial charge in [0.15, 0.2) is 0 Å². The summed E-state index contributed by atoms with van der Waals surface area (Å²) in [6.07, 6.45) is 3.97. The summed E-state index contributed by atoms with van der Waals surface area (Å²) < 4.78 is 0. The van der Waals surface area contributed by atoms with Gasteiger partial charge in [-0.15, -0.1) is 0 Å². The van der Waals surface area contributed by atoms with Crippen molar-refractivity contribution >= 4 is 0 Å². The molecule has 3 rings (SSSR count). The standard InChI is InChI=1S/C21H28N2/c1-16-19(14-17-8-4-2-5-9-17)21(23,13-12-20(16)22)15-18-10-6-3-7-11-18/h2-11,16,19-20H,12-15,22-23H2,1H3. The predicted octanol–water partition coefficient (Wildman–Crippen LogP) is 3.54.